The quantitative estimate of drug-likeness (QED) is 0.666. The predicted octanol–water partition coefficient (Wildman–Crippen LogP) is 2.52. The van der Waals surface area contributed by atoms with E-state index in [0.29, 0.717) is 23.2 Å². The monoisotopic (exact) mass is 401 g/mol. The Bertz CT molecular complexity index is 1190. The van der Waals surface area contributed by atoms with Gasteiger partial charge in [0.15, 0.2) is 21.0 Å². The molecule has 1 aliphatic rings. The number of amides is 1. The third kappa shape index (κ3) is 3.60. The smallest absolute Gasteiger partial charge is 0.290 e. The van der Waals surface area contributed by atoms with Gasteiger partial charge in [-0.1, -0.05) is 6.07 Å². The maximum atomic E-state index is 13.2. The fourth-order valence-corrected chi connectivity index (χ4v) is 5.20. The molecule has 0 saturated carbocycles. The Labute approximate surface area is 161 Å². The molecule has 0 radical (unpaired) electrons. The van der Waals surface area contributed by atoms with Crippen LogP contribution < -0.4 is 5.43 Å². The van der Waals surface area contributed by atoms with Gasteiger partial charge in [-0.25, -0.2) is 8.42 Å². The summed E-state index contributed by atoms with van der Waals surface area (Å²) in [5, 5.41) is 0.392. The van der Waals surface area contributed by atoms with Crippen molar-refractivity contribution in [3.05, 3.63) is 70.0 Å². The Morgan fingerprint density at radius 3 is 2.75 bits per heavy atom. The summed E-state index contributed by atoms with van der Waals surface area (Å²) in [5.41, 5.74) is 0.906. The van der Waals surface area contributed by atoms with Gasteiger partial charge in [-0.05, 0) is 43.2 Å². The summed E-state index contributed by atoms with van der Waals surface area (Å²) in [4.78, 5) is 27.1. The number of carbonyl (C=O) groups excluding carboxylic acids is 1. The van der Waals surface area contributed by atoms with Gasteiger partial charge in [0, 0.05) is 12.1 Å². The summed E-state index contributed by atoms with van der Waals surface area (Å²) < 4.78 is 34.9. The third-order valence-electron chi connectivity index (χ3n) is 4.91. The number of benzene rings is 1. The Morgan fingerprint density at radius 1 is 1.25 bits per heavy atom. The van der Waals surface area contributed by atoms with Crippen molar-refractivity contribution < 1.29 is 22.0 Å². The maximum Gasteiger partial charge on any atom is 0.290 e. The lowest BCUT2D eigenvalue weighted by Crippen LogP contribution is -2.40. The van der Waals surface area contributed by atoms with E-state index in [1.54, 1.807) is 30.3 Å². The van der Waals surface area contributed by atoms with Crippen LogP contribution in [0.2, 0.25) is 0 Å². The number of nitrogens with zero attached hydrogens (tertiary/aromatic N) is 1. The molecule has 1 amide bonds. The number of rotatable bonds is 4. The molecule has 28 heavy (non-hydrogen) atoms. The number of carbonyl (C=O) groups is 1. The Kier molecular flexibility index (Phi) is 4.58. The van der Waals surface area contributed by atoms with Crippen LogP contribution in [-0.4, -0.2) is 36.8 Å². The first-order valence-corrected chi connectivity index (χ1v) is 10.7. The van der Waals surface area contributed by atoms with E-state index in [2.05, 4.69) is 0 Å². The molecule has 0 spiro atoms. The second kappa shape index (κ2) is 6.94. The summed E-state index contributed by atoms with van der Waals surface area (Å²) in [6.07, 6.45) is 1.83. The molecular weight excluding hydrogens is 382 g/mol. The molecule has 0 N–H and O–H groups in total. The van der Waals surface area contributed by atoms with E-state index in [0.717, 1.165) is 5.56 Å². The van der Waals surface area contributed by atoms with Crippen LogP contribution in [0.5, 0.6) is 0 Å². The second-order valence-corrected chi connectivity index (χ2v) is 9.27. The van der Waals surface area contributed by atoms with Gasteiger partial charge in [-0.15, -0.1) is 0 Å². The molecule has 0 aliphatic carbocycles. The van der Waals surface area contributed by atoms with Crippen molar-refractivity contribution in [2.24, 2.45) is 0 Å². The number of hydrogen-bond donors (Lipinski definition) is 0. The number of furan rings is 1. The molecule has 2 aromatic heterocycles. The van der Waals surface area contributed by atoms with Crippen molar-refractivity contribution in [1.29, 1.82) is 0 Å². The SMILES string of the molecule is Cc1ccc2c(=O)cc(C(=O)N(Cc3ccco3)[C@@H]3CCS(=O)(=O)C3)oc2c1. The van der Waals surface area contributed by atoms with Gasteiger partial charge < -0.3 is 13.7 Å². The van der Waals surface area contributed by atoms with Crippen molar-refractivity contribution >= 4 is 26.7 Å². The van der Waals surface area contributed by atoms with Crippen LogP contribution >= 0.6 is 0 Å². The zero-order chi connectivity index (χ0) is 19.9. The summed E-state index contributed by atoms with van der Waals surface area (Å²) in [6, 6.07) is 9.23. The molecule has 3 heterocycles. The molecule has 1 atom stereocenters. The van der Waals surface area contributed by atoms with Crippen LogP contribution in [0, 0.1) is 6.92 Å². The molecule has 1 saturated heterocycles. The van der Waals surface area contributed by atoms with E-state index in [9.17, 15) is 18.0 Å². The van der Waals surface area contributed by atoms with E-state index in [1.807, 2.05) is 6.92 Å². The van der Waals surface area contributed by atoms with Gasteiger partial charge in [0.25, 0.3) is 5.91 Å². The second-order valence-electron chi connectivity index (χ2n) is 7.04. The van der Waals surface area contributed by atoms with Gasteiger partial charge in [-0.3, -0.25) is 9.59 Å². The zero-order valence-corrected chi connectivity index (χ0v) is 16.1. The average Bonchev–Trinajstić information content (AvgIpc) is 3.27. The molecule has 0 unspecified atom stereocenters. The van der Waals surface area contributed by atoms with Gasteiger partial charge in [0.05, 0.1) is 29.7 Å². The topological polar surface area (TPSA) is 97.8 Å². The highest BCUT2D eigenvalue weighted by Crippen LogP contribution is 2.23. The lowest BCUT2D eigenvalue weighted by Gasteiger charge is -2.26. The summed E-state index contributed by atoms with van der Waals surface area (Å²) in [7, 11) is -3.20. The van der Waals surface area contributed by atoms with Gasteiger partial charge in [-0.2, -0.15) is 0 Å². The van der Waals surface area contributed by atoms with Crippen molar-refractivity contribution in [1.82, 2.24) is 4.90 Å². The van der Waals surface area contributed by atoms with Crippen LogP contribution in [0.4, 0.5) is 0 Å². The van der Waals surface area contributed by atoms with E-state index in [-0.39, 0.29) is 29.2 Å². The van der Waals surface area contributed by atoms with Gasteiger partial charge in [0.1, 0.15) is 11.3 Å². The van der Waals surface area contributed by atoms with Crippen molar-refractivity contribution in [2.75, 3.05) is 11.5 Å². The average molecular weight is 401 g/mol. The Balaban J connectivity index is 1.74. The van der Waals surface area contributed by atoms with Gasteiger partial charge >= 0.3 is 0 Å². The molecule has 4 rings (SSSR count). The minimum absolute atomic E-state index is 0.0282. The minimum Gasteiger partial charge on any atom is -0.467 e. The highest BCUT2D eigenvalue weighted by Gasteiger charge is 2.36. The first kappa shape index (κ1) is 18.5. The predicted molar refractivity (Wildman–Crippen MR) is 103 cm³/mol. The van der Waals surface area contributed by atoms with Gasteiger partial charge in [0.2, 0.25) is 0 Å². The lowest BCUT2D eigenvalue weighted by molar-refractivity contribution is 0.0634. The number of sulfone groups is 1. The molecule has 3 aromatic rings. The van der Waals surface area contributed by atoms with E-state index < -0.39 is 21.8 Å². The Hall–Kier alpha value is -2.87. The first-order chi connectivity index (χ1) is 13.3. The number of fused-ring (bicyclic) bond motifs is 1. The fraction of sp³-hybridized carbons (Fsp3) is 0.300. The molecule has 0 bridgehead atoms. The first-order valence-electron chi connectivity index (χ1n) is 8.91. The zero-order valence-electron chi connectivity index (χ0n) is 15.3. The summed E-state index contributed by atoms with van der Waals surface area (Å²) >= 11 is 0. The minimum atomic E-state index is -3.20. The summed E-state index contributed by atoms with van der Waals surface area (Å²) in [6.45, 7) is 1.96. The lowest BCUT2D eigenvalue weighted by atomic mass is 10.1. The molecule has 1 fully saturated rings. The largest absolute Gasteiger partial charge is 0.467 e. The number of hydrogen-bond acceptors (Lipinski definition) is 6. The standard InChI is InChI=1S/C20H19NO6S/c1-13-4-5-16-17(22)10-19(27-18(16)9-13)20(23)21(11-15-3-2-7-26-15)14-6-8-28(24,25)12-14/h2-5,7,9-10,14H,6,8,11-12H2,1H3/t14-/m1/s1. The van der Waals surface area contributed by atoms with Crippen molar-refractivity contribution in [3.63, 3.8) is 0 Å². The van der Waals surface area contributed by atoms with Crippen LogP contribution in [0.15, 0.2) is 56.3 Å². The molecule has 8 heteroatoms. The summed E-state index contributed by atoms with van der Waals surface area (Å²) in [5.74, 6) is -0.203. The molecule has 1 aromatic carbocycles. The fourth-order valence-electron chi connectivity index (χ4n) is 3.47. The van der Waals surface area contributed by atoms with Crippen molar-refractivity contribution in [3.8, 4) is 0 Å². The molecule has 1 aliphatic heterocycles. The third-order valence-corrected chi connectivity index (χ3v) is 6.66. The highest BCUT2D eigenvalue weighted by atomic mass is 32.2. The Morgan fingerprint density at radius 2 is 2.07 bits per heavy atom. The normalized spacial score (nSPS) is 18.4. The number of aryl methyl sites for hydroxylation is 1. The highest BCUT2D eigenvalue weighted by molar-refractivity contribution is 7.91. The van der Waals surface area contributed by atoms with E-state index in [1.165, 1.54) is 17.2 Å². The molecular formula is C20H19NO6S. The maximum absolute atomic E-state index is 13.2. The van der Waals surface area contributed by atoms with Crippen LogP contribution in [0.3, 0.4) is 0 Å². The van der Waals surface area contributed by atoms with E-state index >= 15 is 0 Å². The van der Waals surface area contributed by atoms with E-state index in [4.69, 9.17) is 8.83 Å². The molecule has 7 nitrogen and oxygen atoms in total. The van der Waals surface area contributed by atoms with Crippen LogP contribution in [0.1, 0.15) is 28.3 Å². The van der Waals surface area contributed by atoms with Crippen LogP contribution in [-0.2, 0) is 16.4 Å². The van der Waals surface area contributed by atoms with Crippen molar-refractivity contribution in [2.45, 2.75) is 25.9 Å². The molecule has 146 valence electrons. The van der Waals surface area contributed by atoms with Crippen LogP contribution in [0.25, 0.3) is 11.0 Å².